The van der Waals surface area contributed by atoms with E-state index in [2.05, 4.69) is 20.8 Å². The van der Waals surface area contributed by atoms with Crippen LogP contribution in [-0.4, -0.2) is 40.8 Å². The van der Waals surface area contributed by atoms with Gasteiger partial charge in [-0.1, -0.05) is 12.1 Å². The molecule has 3 heterocycles. The molecule has 2 aromatic carbocycles. The lowest BCUT2D eigenvalue weighted by Crippen LogP contribution is -2.43. The summed E-state index contributed by atoms with van der Waals surface area (Å²) >= 11 is 0. The number of hydrogen-bond donors (Lipinski definition) is 2. The lowest BCUT2D eigenvalue weighted by molar-refractivity contribution is -0.122. The van der Waals surface area contributed by atoms with Gasteiger partial charge in [0, 0.05) is 24.1 Å². The molecule has 0 atom stereocenters. The summed E-state index contributed by atoms with van der Waals surface area (Å²) in [6.07, 6.45) is -0.311. The summed E-state index contributed by atoms with van der Waals surface area (Å²) in [4.78, 5) is 25.2. The Balaban J connectivity index is 1.43. The van der Waals surface area contributed by atoms with E-state index in [1.807, 2.05) is 25.1 Å². The number of amides is 2. The molecule has 0 saturated carbocycles. The Morgan fingerprint density at radius 2 is 1.94 bits per heavy atom. The van der Waals surface area contributed by atoms with Gasteiger partial charge < -0.3 is 20.1 Å². The molecule has 0 unspecified atom stereocenters. The zero-order chi connectivity index (χ0) is 25.3. The van der Waals surface area contributed by atoms with Crippen molar-refractivity contribution in [1.82, 2.24) is 10.2 Å². The predicted octanol–water partition coefficient (Wildman–Crippen LogP) is 4.91. The first-order valence-corrected chi connectivity index (χ1v) is 11.6. The van der Waals surface area contributed by atoms with Crippen LogP contribution in [0.5, 0.6) is 5.75 Å². The number of aromatic nitrogens is 2. The molecule has 0 bridgehead atoms. The van der Waals surface area contributed by atoms with Crippen LogP contribution in [0.2, 0.25) is 0 Å². The molecule has 2 amide bonds. The largest absolute Gasteiger partial charge is 0.484 e. The van der Waals surface area contributed by atoms with Crippen molar-refractivity contribution in [2.75, 3.05) is 23.8 Å². The SMILES string of the molecule is Cc1ccc(NC(=O)c2cc(C(F)F)cnn2)cc1-c1ccc2c(c1)OC1(CCOCC1)CC(=O)N2. The van der Waals surface area contributed by atoms with Crippen LogP contribution in [0.15, 0.2) is 48.7 Å². The fourth-order valence-corrected chi connectivity index (χ4v) is 4.47. The highest BCUT2D eigenvalue weighted by atomic mass is 19.3. The summed E-state index contributed by atoms with van der Waals surface area (Å²) in [5.41, 5.74) is 2.51. The van der Waals surface area contributed by atoms with E-state index < -0.39 is 17.9 Å². The number of carbonyl (C=O) groups excluding carboxylic acids is 2. The molecule has 0 radical (unpaired) electrons. The minimum atomic E-state index is -2.75. The third-order valence-electron chi connectivity index (χ3n) is 6.44. The maximum absolute atomic E-state index is 13.0. The number of ether oxygens (including phenoxy) is 2. The predicted molar refractivity (Wildman–Crippen MR) is 128 cm³/mol. The van der Waals surface area contributed by atoms with Gasteiger partial charge in [0.15, 0.2) is 5.69 Å². The number of benzene rings is 2. The molecule has 0 aliphatic carbocycles. The summed E-state index contributed by atoms with van der Waals surface area (Å²) in [5.74, 6) is -0.161. The summed E-state index contributed by atoms with van der Waals surface area (Å²) in [6.45, 7) is 3.01. The summed E-state index contributed by atoms with van der Waals surface area (Å²) in [5, 5.41) is 12.8. The highest BCUT2D eigenvalue weighted by Crippen LogP contribution is 2.41. The molecule has 2 aliphatic rings. The number of rotatable bonds is 4. The van der Waals surface area contributed by atoms with Crippen LogP contribution in [0.3, 0.4) is 0 Å². The number of halogens is 2. The number of anilines is 2. The van der Waals surface area contributed by atoms with Gasteiger partial charge in [0.1, 0.15) is 11.4 Å². The van der Waals surface area contributed by atoms with Crippen molar-refractivity contribution in [3.63, 3.8) is 0 Å². The first kappa shape index (κ1) is 23.8. The van der Waals surface area contributed by atoms with E-state index in [0.717, 1.165) is 29.0 Å². The monoisotopic (exact) mass is 494 g/mol. The number of carbonyl (C=O) groups is 2. The van der Waals surface area contributed by atoms with Gasteiger partial charge in [-0.25, -0.2) is 8.78 Å². The number of hydrogen-bond acceptors (Lipinski definition) is 6. The van der Waals surface area contributed by atoms with Crippen molar-refractivity contribution in [1.29, 1.82) is 0 Å². The van der Waals surface area contributed by atoms with Gasteiger partial charge in [0.05, 0.1) is 31.5 Å². The molecule has 8 nitrogen and oxygen atoms in total. The van der Waals surface area contributed by atoms with Gasteiger partial charge >= 0.3 is 0 Å². The highest BCUT2D eigenvalue weighted by Gasteiger charge is 2.39. The van der Waals surface area contributed by atoms with Gasteiger partial charge in [-0.3, -0.25) is 9.59 Å². The smallest absolute Gasteiger partial charge is 0.276 e. The molecule has 36 heavy (non-hydrogen) atoms. The summed E-state index contributed by atoms with van der Waals surface area (Å²) in [7, 11) is 0. The number of nitrogens with zero attached hydrogens (tertiary/aromatic N) is 2. The molecular formula is C26H24F2N4O4. The van der Waals surface area contributed by atoms with Gasteiger partial charge in [0.25, 0.3) is 12.3 Å². The fraction of sp³-hybridized carbons (Fsp3) is 0.308. The Morgan fingerprint density at radius 3 is 2.72 bits per heavy atom. The second-order valence-electron chi connectivity index (χ2n) is 8.99. The minimum absolute atomic E-state index is 0.0942. The number of fused-ring (bicyclic) bond motifs is 1. The van der Waals surface area contributed by atoms with Crippen LogP contribution < -0.4 is 15.4 Å². The van der Waals surface area contributed by atoms with Crippen molar-refractivity contribution in [3.05, 3.63) is 65.5 Å². The zero-order valence-corrected chi connectivity index (χ0v) is 19.5. The fourth-order valence-electron chi connectivity index (χ4n) is 4.47. The van der Waals surface area contributed by atoms with Crippen LogP contribution >= 0.6 is 0 Å². The average molecular weight is 494 g/mol. The summed E-state index contributed by atoms with van der Waals surface area (Å²) < 4.78 is 37.8. The van der Waals surface area contributed by atoms with Crippen LogP contribution in [0.1, 0.15) is 47.3 Å². The Hall–Kier alpha value is -3.92. The molecule has 186 valence electrons. The molecule has 5 rings (SSSR count). The first-order chi connectivity index (χ1) is 17.3. The van der Waals surface area contributed by atoms with E-state index in [9.17, 15) is 18.4 Å². The molecule has 10 heteroatoms. The molecule has 1 fully saturated rings. The average Bonchev–Trinajstić information content (AvgIpc) is 2.99. The normalized spacial score (nSPS) is 16.6. The van der Waals surface area contributed by atoms with Crippen LogP contribution in [0.4, 0.5) is 20.2 Å². The van der Waals surface area contributed by atoms with E-state index in [1.165, 1.54) is 0 Å². The Labute approximate surface area is 206 Å². The molecule has 3 aromatic rings. The quantitative estimate of drug-likeness (QED) is 0.534. The third-order valence-corrected chi connectivity index (χ3v) is 6.44. The van der Waals surface area contributed by atoms with E-state index in [4.69, 9.17) is 9.47 Å². The molecule has 1 aromatic heterocycles. The molecule has 2 aliphatic heterocycles. The zero-order valence-electron chi connectivity index (χ0n) is 19.5. The van der Waals surface area contributed by atoms with Crippen LogP contribution in [-0.2, 0) is 9.53 Å². The Kier molecular flexibility index (Phi) is 6.36. The van der Waals surface area contributed by atoms with Gasteiger partial charge in [-0.15, -0.1) is 5.10 Å². The van der Waals surface area contributed by atoms with E-state index in [-0.39, 0.29) is 23.6 Å². The standard InChI is InChI=1S/C26H24F2N4O4/c1-15-2-4-18(30-25(34)21-10-17(24(27)28)14-29-32-21)12-19(15)16-3-5-20-22(11-16)36-26(13-23(33)31-20)6-8-35-9-7-26/h2-5,10-12,14,24H,6-9,13H2,1H3,(H,30,34)(H,31,33). The minimum Gasteiger partial charge on any atom is -0.484 e. The maximum Gasteiger partial charge on any atom is 0.276 e. The second kappa shape index (κ2) is 9.62. The molecular weight excluding hydrogens is 470 g/mol. The topological polar surface area (TPSA) is 102 Å². The van der Waals surface area contributed by atoms with Crippen molar-refractivity contribution in [2.45, 2.75) is 38.2 Å². The van der Waals surface area contributed by atoms with Crippen molar-refractivity contribution < 1.29 is 27.8 Å². The number of aryl methyl sites for hydroxylation is 1. The van der Waals surface area contributed by atoms with Crippen molar-refractivity contribution in [2.24, 2.45) is 0 Å². The van der Waals surface area contributed by atoms with Crippen LogP contribution in [0, 0.1) is 6.92 Å². The van der Waals surface area contributed by atoms with Gasteiger partial charge in [-0.05, 0) is 53.9 Å². The number of nitrogens with one attached hydrogen (secondary N) is 2. The van der Waals surface area contributed by atoms with Crippen LogP contribution in [0.25, 0.3) is 11.1 Å². The molecule has 1 spiro atoms. The van der Waals surface area contributed by atoms with E-state index >= 15 is 0 Å². The van der Waals surface area contributed by atoms with E-state index in [1.54, 1.807) is 18.2 Å². The Morgan fingerprint density at radius 1 is 1.14 bits per heavy atom. The third kappa shape index (κ3) is 4.90. The first-order valence-electron chi connectivity index (χ1n) is 11.6. The molecule has 1 saturated heterocycles. The number of alkyl halides is 2. The maximum atomic E-state index is 13.0. The van der Waals surface area contributed by atoms with Crippen molar-refractivity contribution >= 4 is 23.2 Å². The Bertz CT molecular complexity index is 1330. The van der Waals surface area contributed by atoms with Gasteiger partial charge in [-0.2, -0.15) is 5.10 Å². The summed E-state index contributed by atoms with van der Waals surface area (Å²) in [6, 6.07) is 11.9. The second-order valence-corrected chi connectivity index (χ2v) is 8.99. The lowest BCUT2D eigenvalue weighted by atomic mass is 9.90. The van der Waals surface area contributed by atoms with Gasteiger partial charge in [0.2, 0.25) is 5.91 Å². The van der Waals surface area contributed by atoms with E-state index in [0.29, 0.717) is 43.2 Å². The van der Waals surface area contributed by atoms with Crippen molar-refractivity contribution in [3.8, 4) is 16.9 Å². The highest BCUT2D eigenvalue weighted by molar-refractivity contribution is 6.03. The molecule has 2 N–H and O–H groups in total. The lowest BCUT2D eigenvalue weighted by Gasteiger charge is -2.35.